The Morgan fingerprint density at radius 3 is 2.76 bits per heavy atom. The quantitative estimate of drug-likeness (QED) is 0.842. The summed E-state index contributed by atoms with van der Waals surface area (Å²) in [6.07, 6.45) is 4.34. The minimum atomic E-state index is -0.366. The number of hydrogen-bond acceptors (Lipinski definition) is 4. The van der Waals surface area contributed by atoms with Gasteiger partial charge in [-0.3, -0.25) is 4.98 Å². The van der Waals surface area contributed by atoms with Gasteiger partial charge in [-0.1, -0.05) is 6.07 Å². The van der Waals surface area contributed by atoms with Crippen molar-refractivity contribution in [3.8, 4) is 0 Å². The molecule has 0 radical (unpaired) electrons. The van der Waals surface area contributed by atoms with Crippen LogP contribution in [0, 0.1) is 5.82 Å². The fraction of sp³-hybridized carbons (Fsp3) is 0.167. The number of nitrogens with zero attached hydrogens (tertiary/aromatic N) is 2. The lowest BCUT2D eigenvalue weighted by atomic mass is 10.00. The van der Waals surface area contributed by atoms with Crippen molar-refractivity contribution >= 4 is 5.82 Å². The zero-order chi connectivity index (χ0) is 12.3. The van der Waals surface area contributed by atoms with Gasteiger partial charge in [0.25, 0.3) is 0 Å². The Bertz CT molecular complexity index is 470. The predicted octanol–water partition coefficient (Wildman–Crippen LogP) is 1.51. The number of pyridine rings is 2. The van der Waals surface area contributed by atoms with Crippen molar-refractivity contribution in [2.45, 2.75) is 6.04 Å². The zero-order valence-corrected chi connectivity index (χ0v) is 9.39. The SMILES string of the molecule is CNC(c1ccncc1F)c1cccnc1N. The number of aromatic nitrogens is 2. The Labute approximate surface area is 98.7 Å². The van der Waals surface area contributed by atoms with Crippen LogP contribution in [0.3, 0.4) is 0 Å². The molecule has 2 aromatic heterocycles. The van der Waals surface area contributed by atoms with Gasteiger partial charge >= 0.3 is 0 Å². The van der Waals surface area contributed by atoms with E-state index in [4.69, 9.17) is 5.73 Å². The van der Waals surface area contributed by atoms with Gasteiger partial charge in [-0.25, -0.2) is 9.37 Å². The smallest absolute Gasteiger partial charge is 0.146 e. The maximum atomic E-state index is 13.7. The summed E-state index contributed by atoms with van der Waals surface area (Å²) in [5.41, 5.74) is 7.05. The van der Waals surface area contributed by atoms with Crippen LogP contribution in [0.1, 0.15) is 17.2 Å². The molecule has 17 heavy (non-hydrogen) atoms. The van der Waals surface area contributed by atoms with Crippen LogP contribution in [0.4, 0.5) is 10.2 Å². The topological polar surface area (TPSA) is 63.8 Å². The van der Waals surface area contributed by atoms with Crippen LogP contribution in [0.2, 0.25) is 0 Å². The molecule has 0 aliphatic heterocycles. The fourth-order valence-corrected chi connectivity index (χ4v) is 1.77. The first kappa shape index (κ1) is 11.5. The van der Waals surface area contributed by atoms with Gasteiger partial charge in [0.05, 0.1) is 12.2 Å². The van der Waals surface area contributed by atoms with Crippen LogP contribution >= 0.6 is 0 Å². The Morgan fingerprint density at radius 1 is 1.29 bits per heavy atom. The molecule has 0 spiro atoms. The van der Waals surface area contributed by atoms with Crippen LogP contribution in [-0.2, 0) is 0 Å². The molecule has 2 heterocycles. The Balaban J connectivity index is 2.48. The Hall–Kier alpha value is -2.01. The molecule has 1 unspecified atom stereocenters. The number of nitrogens with two attached hydrogens (primary N) is 1. The highest BCUT2D eigenvalue weighted by Gasteiger charge is 2.18. The van der Waals surface area contributed by atoms with Gasteiger partial charge in [-0.05, 0) is 19.2 Å². The van der Waals surface area contributed by atoms with Crippen molar-refractivity contribution in [1.82, 2.24) is 15.3 Å². The molecule has 88 valence electrons. The van der Waals surface area contributed by atoms with Crippen molar-refractivity contribution in [2.75, 3.05) is 12.8 Å². The van der Waals surface area contributed by atoms with Gasteiger partial charge < -0.3 is 11.1 Å². The summed E-state index contributed by atoms with van der Waals surface area (Å²) in [6.45, 7) is 0. The number of anilines is 1. The molecule has 2 aromatic rings. The summed E-state index contributed by atoms with van der Waals surface area (Å²) < 4.78 is 13.7. The first-order valence-electron chi connectivity index (χ1n) is 5.21. The van der Waals surface area contributed by atoms with E-state index in [2.05, 4.69) is 15.3 Å². The molecule has 0 fully saturated rings. The van der Waals surface area contributed by atoms with Crippen LogP contribution in [0.15, 0.2) is 36.8 Å². The minimum Gasteiger partial charge on any atom is -0.383 e. The number of rotatable bonds is 3. The van der Waals surface area contributed by atoms with Crippen LogP contribution in [-0.4, -0.2) is 17.0 Å². The van der Waals surface area contributed by atoms with Gasteiger partial charge in [-0.2, -0.15) is 0 Å². The zero-order valence-electron chi connectivity index (χ0n) is 9.39. The molecule has 0 amide bonds. The van der Waals surface area contributed by atoms with E-state index in [9.17, 15) is 4.39 Å². The molecule has 0 aromatic carbocycles. The molecular formula is C12H13FN4. The van der Waals surface area contributed by atoms with E-state index >= 15 is 0 Å². The molecule has 3 N–H and O–H groups in total. The molecule has 0 saturated carbocycles. The van der Waals surface area contributed by atoms with E-state index in [0.717, 1.165) is 5.56 Å². The molecule has 0 aliphatic carbocycles. The average molecular weight is 232 g/mol. The number of nitrogens with one attached hydrogen (secondary N) is 1. The largest absolute Gasteiger partial charge is 0.383 e. The highest BCUT2D eigenvalue weighted by Crippen LogP contribution is 2.26. The number of halogens is 1. The van der Waals surface area contributed by atoms with Crippen molar-refractivity contribution in [1.29, 1.82) is 0 Å². The van der Waals surface area contributed by atoms with Gasteiger partial charge in [0.15, 0.2) is 0 Å². The van der Waals surface area contributed by atoms with E-state index in [1.54, 1.807) is 31.6 Å². The molecule has 0 saturated heterocycles. The fourth-order valence-electron chi connectivity index (χ4n) is 1.77. The second kappa shape index (κ2) is 4.88. The van der Waals surface area contributed by atoms with Crippen LogP contribution in [0.25, 0.3) is 0 Å². The molecule has 5 heteroatoms. The van der Waals surface area contributed by atoms with Crippen molar-refractivity contribution < 1.29 is 4.39 Å². The van der Waals surface area contributed by atoms with E-state index in [1.807, 2.05) is 6.07 Å². The standard InChI is InChI=1S/C12H13FN4/c1-15-11(8-4-6-16-7-10(8)13)9-3-2-5-17-12(9)14/h2-7,11,15H,1H3,(H2,14,17). The van der Waals surface area contributed by atoms with Crippen LogP contribution in [0.5, 0.6) is 0 Å². The lowest BCUT2D eigenvalue weighted by Gasteiger charge is -2.18. The molecule has 1 atom stereocenters. The molecule has 2 rings (SSSR count). The highest BCUT2D eigenvalue weighted by atomic mass is 19.1. The van der Waals surface area contributed by atoms with Crippen molar-refractivity contribution in [3.63, 3.8) is 0 Å². The number of nitrogen functional groups attached to an aromatic ring is 1. The van der Waals surface area contributed by atoms with Crippen molar-refractivity contribution in [3.05, 3.63) is 53.7 Å². The lowest BCUT2D eigenvalue weighted by Crippen LogP contribution is -2.20. The third-order valence-corrected chi connectivity index (χ3v) is 2.59. The predicted molar refractivity (Wildman–Crippen MR) is 63.7 cm³/mol. The summed E-state index contributed by atoms with van der Waals surface area (Å²) in [5, 5.41) is 3.03. The van der Waals surface area contributed by atoms with E-state index in [1.165, 1.54) is 6.20 Å². The molecule has 0 aliphatic rings. The highest BCUT2D eigenvalue weighted by molar-refractivity contribution is 5.45. The van der Waals surface area contributed by atoms with Gasteiger partial charge in [-0.15, -0.1) is 0 Å². The summed E-state index contributed by atoms with van der Waals surface area (Å²) >= 11 is 0. The molecule has 0 bridgehead atoms. The van der Waals surface area contributed by atoms with Gasteiger partial charge in [0, 0.05) is 23.5 Å². The van der Waals surface area contributed by atoms with Gasteiger partial charge in [0.1, 0.15) is 11.6 Å². The third kappa shape index (κ3) is 2.24. The first-order valence-corrected chi connectivity index (χ1v) is 5.21. The second-order valence-electron chi connectivity index (χ2n) is 3.60. The minimum absolute atomic E-state index is 0.327. The number of hydrogen-bond donors (Lipinski definition) is 2. The first-order chi connectivity index (χ1) is 8.24. The average Bonchev–Trinajstić information content (AvgIpc) is 2.34. The summed E-state index contributed by atoms with van der Waals surface area (Å²) in [5.74, 6) is 0.0261. The van der Waals surface area contributed by atoms with Gasteiger partial charge in [0.2, 0.25) is 0 Å². The second-order valence-corrected chi connectivity index (χ2v) is 3.60. The van der Waals surface area contributed by atoms with Crippen molar-refractivity contribution in [2.24, 2.45) is 0 Å². The maximum Gasteiger partial charge on any atom is 0.146 e. The Morgan fingerprint density at radius 2 is 2.12 bits per heavy atom. The monoisotopic (exact) mass is 232 g/mol. The Kier molecular flexibility index (Phi) is 3.30. The third-order valence-electron chi connectivity index (χ3n) is 2.59. The lowest BCUT2D eigenvalue weighted by molar-refractivity contribution is 0.571. The van der Waals surface area contributed by atoms with E-state index in [0.29, 0.717) is 11.4 Å². The van der Waals surface area contributed by atoms with Crippen LogP contribution < -0.4 is 11.1 Å². The summed E-state index contributed by atoms with van der Waals surface area (Å²) in [4.78, 5) is 7.73. The summed E-state index contributed by atoms with van der Waals surface area (Å²) in [6, 6.07) is 4.90. The molecular weight excluding hydrogens is 219 g/mol. The maximum absolute atomic E-state index is 13.7. The van der Waals surface area contributed by atoms with E-state index < -0.39 is 0 Å². The summed E-state index contributed by atoms with van der Waals surface area (Å²) in [7, 11) is 1.75. The van der Waals surface area contributed by atoms with E-state index in [-0.39, 0.29) is 11.9 Å². The normalized spacial score (nSPS) is 12.4. The molecule has 4 nitrogen and oxygen atoms in total.